The average Bonchev–Trinajstić information content (AvgIpc) is 2.61. The van der Waals surface area contributed by atoms with Crippen molar-refractivity contribution in [1.29, 1.82) is 0 Å². The van der Waals surface area contributed by atoms with Crippen LogP contribution in [0.5, 0.6) is 5.75 Å². The number of aryl methyl sites for hydroxylation is 2. The van der Waals surface area contributed by atoms with Gasteiger partial charge in [0.05, 0.1) is 0 Å². The second-order valence-corrected chi connectivity index (χ2v) is 6.29. The maximum Gasteiger partial charge on any atom is 0.263 e. The number of ether oxygens (including phenoxy) is 1. The molecule has 0 aromatic heterocycles. The highest BCUT2D eigenvalue weighted by atomic mass is 35.5. The molecule has 0 spiro atoms. The molecular weight excluding hydrogens is 336 g/mol. The molecule has 1 heterocycles. The zero-order valence-electron chi connectivity index (χ0n) is 14.5. The molecule has 0 aliphatic carbocycles. The Morgan fingerprint density at radius 2 is 2.00 bits per heavy atom. The lowest BCUT2D eigenvalue weighted by Gasteiger charge is -2.31. The standard InChI is InChI=1S/C20H24N2O2.ClH/c1-15-7-9-18-17(13-15)8-10-19(24-18)20(23)22(12-11-21)14-16-5-3-2-4-6-16;/h2-7,9,13,19H,8,10-12,14,21H2,1H3;1H. The summed E-state index contributed by atoms with van der Waals surface area (Å²) in [6, 6.07) is 16.1. The largest absolute Gasteiger partial charge is 0.480 e. The van der Waals surface area contributed by atoms with Crippen molar-refractivity contribution in [1.82, 2.24) is 4.90 Å². The summed E-state index contributed by atoms with van der Waals surface area (Å²) in [6.45, 7) is 3.62. The Balaban J connectivity index is 0.00000225. The summed E-state index contributed by atoms with van der Waals surface area (Å²) in [6.07, 6.45) is 1.16. The summed E-state index contributed by atoms with van der Waals surface area (Å²) >= 11 is 0. The normalized spacial score (nSPS) is 15.5. The second kappa shape index (κ2) is 8.88. The minimum atomic E-state index is -0.421. The van der Waals surface area contributed by atoms with Crippen LogP contribution in [-0.4, -0.2) is 30.0 Å². The van der Waals surface area contributed by atoms with Crippen molar-refractivity contribution in [3.8, 4) is 5.75 Å². The van der Waals surface area contributed by atoms with Gasteiger partial charge in [-0.15, -0.1) is 12.4 Å². The number of amides is 1. The molecule has 1 amide bonds. The molecule has 3 rings (SSSR count). The lowest BCUT2D eigenvalue weighted by molar-refractivity contribution is -0.140. The molecule has 1 aliphatic rings. The molecule has 25 heavy (non-hydrogen) atoms. The van der Waals surface area contributed by atoms with Gasteiger partial charge in [-0.1, -0.05) is 48.0 Å². The summed E-state index contributed by atoms with van der Waals surface area (Å²) in [5, 5.41) is 0. The number of carbonyl (C=O) groups excluding carboxylic acids is 1. The van der Waals surface area contributed by atoms with Gasteiger partial charge < -0.3 is 15.4 Å². The van der Waals surface area contributed by atoms with Crippen LogP contribution in [0.1, 0.15) is 23.1 Å². The highest BCUT2D eigenvalue weighted by molar-refractivity contribution is 5.85. The minimum absolute atomic E-state index is 0. The zero-order chi connectivity index (χ0) is 16.9. The highest BCUT2D eigenvalue weighted by Crippen LogP contribution is 2.29. The van der Waals surface area contributed by atoms with Crippen LogP contribution in [-0.2, 0) is 17.8 Å². The van der Waals surface area contributed by atoms with E-state index in [1.54, 1.807) is 4.90 Å². The average molecular weight is 361 g/mol. The number of carbonyl (C=O) groups is 1. The fourth-order valence-corrected chi connectivity index (χ4v) is 3.12. The zero-order valence-corrected chi connectivity index (χ0v) is 15.3. The number of nitrogens with zero attached hydrogens (tertiary/aromatic N) is 1. The minimum Gasteiger partial charge on any atom is -0.480 e. The van der Waals surface area contributed by atoms with Crippen molar-refractivity contribution in [3.63, 3.8) is 0 Å². The molecular formula is C20H25ClN2O2. The van der Waals surface area contributed by atoms with Crippen LogP contribution in [0.2, 0.25) is 0 Å². The molecule has 1 unspecified atom stereocenters. The van der Waals surface area contributed by atoms with Crippen LogP contribution in [0.25, 0.3) is 0 Å². The van der Waals surface area contributed by atoms with Crippen molar-refractivity contribution >= 4 is 18.3 Å². The van der Waals surface area contributed by atoms with E-state index in [4.69, 9.17) is 10.5 Å². The van der Waals surface area contributed by atoms with Gasteiger partial charge in [-0.25, -0.2) is 0 Å². The summed E-state index contributed by atoms with van der Waals surface area (Å²) in [4.78, 5) is 14.7. The topological polar surface area (TPSA) is 55.6 Å². The first-order chi connectivity index (χ1) is 11.7. The van der Waals surface area contributed by atoms with Gasteiger partial charge in [-0.05, 0) is 37.0 Å². The molecule has 0 saturated heterocycles. The van der Waals surface area contributed by atoms with Crippen LogP contribution in [0.3, 0.4) is 0 Å². The van der Waals surface area contributed by atoms with Gasteiger partial charge in [0.25, 0.3) is 5.91 Å². The van der Waals surface area contributed by atoms with Crippen LogP contribution in [0.15, 0.2) is 48.5 Å². The molecule has 2 aromatic rings. The smallest absolute Gasteiger partial charge is 0.263 e. The molecule has 1 atom stereocenters. The number of rotatable bonds is 5. The number of nitrogens with two attached hydrogens (primary N) is 1. The number of halogens is 1. The predicted molar refractivity (Wildman–Crippen MR) is 102 cm³/mol. The number of hydrogen-bond acceptors (Lipinski definition) is 3. The van der Waals surface area contributed by atoms with Crippen molar-refractivity contribution in [3.05, 3.63) is 65.2 Å². The van der Waals surface area contributed by atoms with Gasteiger partial charge in [-0.2, -0.15) is 0 Å². The van der Waals surface area contributed by atoms with E-state index in [0.717, 1.165) is 17.7 Å². The predicted octanol–water partition coefficient (Wildman–Crippen LogP) is 3.10. The van der Waals surface area contributed by atoms with E-state index in [1.165, 1.54) is 11.1 Å². The van der Waals surface area contributed by atoms with Crippen molar-refractivity contribution in [2.75, 3.05) is 13.1 Å². The van der Waals surface area contributed by atoms with Crippen molar-refractivity contribution in [2.24, 2.45) is 5.73 Å². The summed E-state index contributed by atoms with van der Waals surface area (Å²) in [7, 11) is 0. The Morgan fingerprint density at radius 1 is 1.24 bits per heavy atom. The van der Waals surface area contributed by atoms with E-state index in [-0.39, 0.29) is 18.3 Å². The van der Waals surface area contributed by atoms with Crippen LogP contribution in [0, 0.1) is 6.92 Å². The third-order valence-corrected chi connectivity index (χ3v) is 4.36. The summed E-state index contributed by atoms with van der Waals surface area (Å²) in [5.41, 5.74) is 9.22. The Kier molecular flexibility index (Phi) is 6.85. The fourth-order valence-electron chi connectivity index (χ4n) is 3.12. The molecule has 1 aliphatic heterocycles. The molecule has 5 heteroatoms. The quantitative estimate of drug-likeness (QED) is 0.891. The molecule has 0 bridgehead atoms. The van der Waals surface area contributed by atoms with E-state index in [9.17, 15) is 4.79 Å². The van der Waals surface area contributed by atoms with E-state index in [1.807, 2.05) is 42.5 Å². The van der Waals surface area contributed by atoms with Crippen molar-refractivity contribution in [2.45, 2.75) is 32.4 Å². The summed E-state index contributed by atoms with van der Waals surface area (Å²) in [5.74, 6) is 0.855. The Bertz CT molecular complexity index is 706. The van der Waals surface area contributed by atoms with Gasteiger partial charge >= 0.3 is 0 Å². The van der Waals surface area contributed by atoms with Crippen LogP contribution in [0.4, 0.5) is 0 Å². The third kappa shape index (κ3) is 4.74. The molecule has 134 valence electrons. The van der Waals surface area contributed by atoms with Gasteiger partial charge in [0.15, 0.2) is 6.10 Å². The van der Waals surface area contributed by atoms with E-state index >= 15 is 0 Å². The lowest BCUT2D eigenvalue weighted by Crippen LogP contribution is -2.45. The Labute approximate surface area is 155 Å². The monoisotopic (exact) mass is 360 g/mol. The Hall–Kier alpha value is -2.04. The first-order valence-corrected chi connectivity index (χ1v) is 8.46. The first kappa shape index (κ1) is 19.3. The fraction of sp³-hybridized carbons (Fsp3) is 0.350. The van der Waals surface area contributed by atoms with Gasteiger partial charge in [0.1, 0.15) is 5.75 Å². The number of hydrogen-bond donors (Lipinski definition) is 1. The third-order valence-electron chi connectivity index (χ3n) is 4.36. The van der Waals surface area contributed by atoms with E-state index in [2.05, 4.69) is 13.0 Å². The van der Waals surface area contributed by atoms with Gasteiger partial charge in [0, 0.05) is 19.6 Å². The Morgan fingerprint density at radius 3 is 2.72 bits per heavy atom. The molecule has 0 radical (unpaired) electrons. The molecule has 2 N–H and O–H groups in total. The highest BCUT2D eigenvalue weighted by Gasteiger charge is 2.29. The van der Waals surface area contributed by atoms with E-state index < -0.39 is 6.10 Å². The number of fused-ring (bicyclic) bond motifs is 1. The lowest BCUT2D eigenvalue weighted by atomic mass is 9.99. The number of benzene rings is 2. The first-order valence-electron chi connectivity index (χ1n) is 8.46. The van der Waals surface area contributed by atoms with Crippen LogP contribution < -0.4 is 10.5 Å². The molecule has 0 saturated carbocycles. The molecule has 4 nitrogen and oxygen atoms in total. The van der Waals surface area contributed by atoms with Crippen molar-refractivity contribution < 1.29 is 9.53 Å². The molecule has 0 fully saturated rings. The molecule has 2 aromatic carbocycles. The van der Waals surface area contributed by atoms with Gasteiger partial charge in [0.2, 0.25) is 0 Å². The maximum atomic E-state index is 12.9. The van der Waals surface area contributed by atoms with E-state index in [0.29, 0.717) is 26.1 Å². The SMILES string of the molecule is Cc1ccc2c(c1)CCC(C(=O)N(CCN)Cc1ccccc1)O2.Cl. The maximum absolute atomic E-state index is 12.9. The van der Waals surface area contributed by atoms with Crippen LogP contribution >= 0.6 is 12.4 Å². The summed E-state index contributed by atoms with van der Waals surface area (Å²) < 4.78 is 5.98. The second-order valence-electron chi connectivity index (χ2n) is 6.29. The van der Waals surface area contributed by atoms with Gasteiger partial charge in [-0.3, -0.25) is 4.79 Å².